The van der Waals surface area contributed by atoms with Gasteiger partial charge in [0.05, 0.1) is 36.2 Å². The van der Waals surface area contributed by atoms with E-state index in [1.165, 1.54) is 0 Å². The summed E-state index contributed by atoms with van der Waals surface area (Å²) in [5.41, 5.74) is 2.80. The van der Waals surface area contributed by atoms with Gasteiger partial charge in [-0.15, -0.1) is 0 Å². The van der Waals surface area contributed by atoms with Crippen LogP contribution in [0.2, 0.25) is 0 Å². The average Bonchev–Trinajstić information content (AvgIpc) is 3.34. The van der Waals surface area contributed by atoms with E-state index in [-0.39, 0.29) is 11.4 Å². The molecule has 1 spiro atoms. The summed E-state index contributed by atoms with van der Waals surface area (Å²) in [5.74, 6) is 0.752. The number of amides is 1. The van der Waals surface area contributed by atoms with Crippen LogP contribution in [-0.2, 0) is 0 Å². The van der Waals surface area contributed by atoms with Gasteiger partial charge in [0, 0.05) is 36.8 Å². The van der Waals surface area contributed by atoms with Gasteiger partial charge >= 0.3 is 0 Å². The van der Waals surface area contributed by atoms with Crippen molar-refractivity contribution in [2.75, 3.05) is 31.6 Å². The van der Waals surface area contributed by atoms with E-state index in [9.17, 15) is 4.79 Å². The van der Waals surface area contributed by atoms with Crippen LogP contribution in [0, 0.1) is 11.3 Å². The molecule has 0 unspecified atom stereocenters. The summed E-state index contributed by atoms with van der Waals surface area (Å²) in [6.45, 7) is 2.11. The van der Waals surface area contributed by atoms with E-state index >= 15 is 0 Å². The van der Waals surface area contributed by atoms with Gasteiger partial charge in [0.1, 0.15) is 5.65 Å². The number of aromatic amines is 1. The molecule has 0 bridgehead atoms. The largest absolute Gasteiger partial charge is 0.493 e. The molecule has 1 saturated carbocycles. The predicted octanol–water partition coefficient (Wildman–Crippen LogP) is 2.94. The molecule has 7 heteroatoms. The van der Waals surface area contributed by atoms with E-state index in [1.54, 1.807) is 37.6 Å². The first-order valence-electron chi connectivity index (χ1n) is 9.72. The molecule has 1 N–H and O–H groups in total. The van der Waals surface area contributed by atoms with Crippen molar-refractivity contribution in [2.45, 2.75) is 18.4 Å². The molecule has 1 aromatic carbocycles. The molecule has 3 heterocycles. The molecule has 3 aromatic rings. The minimum absolute atomic E-state index is 0.00716. The quantitative estimate of drug-likeness (QED) is 0.747. The SMILES string of the molecule is COc1cnc2[nH]ccc2c1N1CCN(C(=O)c2cccc(C#N)c2)C2(CC2)C1. The molecule has 7 nitrogen and oxygen atoms in total. The summed E-state index contributed by atoms with van der Waals surface area (Å²) in [6, 6.07) is 11.1. The molecule has 1 aliphatic carbocycles. The summed E-state index contributed by atoms with van der Waals surface area (Å²) in [7, 11) is 1.66. The highest BCUT2D eigenvalue weighted by molar-refractivity contribution is 5.96. The molecular weight excluding hydrogens is 366 g/mol. The molecule has 2 aliphatic rings. The molecular formula is C22H21N5O2. The lowest BCUT2D eigenvalue weighted by Gasteiger charge is -2.43. The number of nitrogens with one attached hydrogen (secondary N) is 1. The Hall–Kier alpha value is -3.53. The Kier molecular flexibility index (Phi) is 3.95. The van der Waals surface area contributed by atoms with Crippen molar-refractivity contribution in [3.05, 3.63) is 53.9 Å². The van der Waals surface area contributed by atoms with Crippen molar-refractivity contribution in [1.29, 1.82) is 5.26 Å². The van der Waals surface area contributed by atoms with E-state index in [4.69, 9.17) is 10.00 Å². The Morgan fingerprint density at radius 2 is 2.17 bits per heavy atom. The number of hydrogen-bond donors (Lipinski definition) is 1. The molecule has 5 rings (SSSR count). The van der Waals surface area contributed by atoms with E-state index in [0.717, 1.165) is 41.9 Å². The Labute approximate surface area is 168 Å². The van der Waals surface area contributed by atoms with Crippen molar-refractivity contribution in [2.24, 2.45) is 0 Å². The molecule has 29 heavy (non-hydrogen) atoms. The van der Waals surface area contributed by atoms with Crippen LogP contribution in [0.3, 0.4) is 0 Å². The van der Waals surface area contributed by atoms with Gasteiger partial charge in [-0.1, -0.05) is 6.07 Å². The first kappa shape index (κ1) is 17.6. The second kappa shape index (κ2) is 6.52. The van der Waals surface area contributed by atoms with Gasteiger partial charge in [0.25, 0.3) is 5.91 Å². The number of benzene rings is 1. The van der Waals surface area contributed by atoms with E-state index in [1.807, 2.05) is 17.2 Å². The third kappa shape index (κ3) is 2.80. The number of pyridine rings is 1. The number of aromatic nitrogens is 2. The third-order valence-corrected chi connectivity index (χ3v) is 6.02. The smallest absolute Gasteiger partial charge is 0.254 e. The minimum atomic E-state index is -0.158. The Morgan fingerprint density at radius 1 is 1.31 bits per heavy atom. The fraction of sp³-hybridized carbons (Fsp3) is 0.318. The van der Waals surface area contributed by atoms with Crippen molar-refractivity contribution in [1.82, 2.24) is 14.9 Å². The highest BCUT2D eigenvalue weighted by Crippen LogP contribution is 2.47. The Bertz CT molecular complexity index is 1140. The van der Waals surface area contributed by atoms with E-state index < -0.39 is 0 Å². The lowest BCUT2D eigenvalue weighted by atomic mass is 10.0. The fourth-order valence-electron chi connectivity index (χ4n) is 4.39. The lowest BCUT2D eigenvalue weighted by Crippen LogP contribution is -2.57. The van der Waals surface area contributed by atoms with Crippen LogP contribution in [0.1, 0.15) is 28.8 Å². The van der Waals surface area contributed by atoms with Gasteiger partial charge in [-0.2, -0.15) is 5.26 Å². The van der Waals surface area contributed by atoms with Crippen molar-refractivity contribution >= 4 is 22.6 Å². The number of fused-ring (bicyclic) bond motifs is 1. The second-order valence-electron chi connectivity index (χ2n) is 7.71. The minimum Gasteiger partial charge on any atom is -0.493 e. The number of ether oxygens (including phenoxy) is 1. The number of H-pyrrole nitrogens is 1. The number of nitriles is 1. The topological polar surface area (TPSA) is 85.2 Å². The van der Waals surface area contributed by atoms with Crippen LogP contribution in [0.4, 0.5) is 5.69 Å². The van der Waals surface area contributed by atoms with Crippen LogP contribution in [-0.4, -0.2) is 53.1 Å². The van der Waals surface area contributed by atoms with Crippen LogP contribution in [0.15, 0.2) is 42.7 Å². The van der Waals surface area contributed by atoms with Crippen LogP contribution < -0.4 is 9.64 Å². The van der Waals surface area contributed by atoms with Gasteiger partial charge in [-0.05, 0) is 37.1 Å². The highest BCUT2D eigenvalue weighted by atomic mass is 16.5. The number of nitrogens with zero attached hydrogens (tertiary/aromatic N) is 4. The summed E-state index contributed by atoms with van der Waals surface area (Å²) < 4.78 is 5.60. The maximum absolute atomic E-state index is 13.2. The maximum Gasteiger partial charge on any atom is 0.254 e. The summed E-state index contributed by atoms with van der Waals surface area (Å²) >= 11 is 0. The van der Waals surface area contributed by atoms with Crippen molar-refractivity contribution < 1.29 is 9.53 Å². The monoisotopic (exact) mass is 387 g/mol. The number of methoxy groups -OCH3 is 1. The number of rotatable bonds is 3. The van der Waals surface area contributed by atoms with E-state index in [0.29, 0.717) is 24.2 Å². The Balaban J connectivity index is 1.46. The summed E-state index contributed by atoms with van der Waals surface area (Å²) in [6.07, 6.45) is 5.60. The van der Waals surface area contributed by atoms with Crippen molar-refractivity contribution in [3.63, 3.8) is 0 Å². The predicted molar refractivity (Wildman–Crippen MR) is 109 cm³/mol. The van der Waals surface area contributed by atoms with Crippen LogP contribution in [0.5, 0.6) is 5.75 Å². The number of piperazine rings is 1. The van der Waals surface area contributed by atoms with Gasteiger partial charge < -0.3 is 19.5 Å². The normalized spacial score (nSPS) is 17.4. The zero-order chi connectivity index (χ0) is 20.0. The number of carbonyl (C=O) groups excluding carboxylic acids is 1. The standard InChI is InChI=1S/C22H21N5O2/c1-29-18-13-25-20-17(5-8-24-20)19(18)26-9-10-27(22(14-26)6-7-22)21(28)16-4-2-3-15(11-16)12-23/h2-5,8,11,13H,6-7,9-10,14H2,1H3,(H,24,25). The maximum atomic E-state index is 13.2. The molecule has 1 saturated heterocycles. The zero-order valence-electron chi connectivity index (χ0n) is 16.2. The number of anilines is 1. The summed E-state index contributed by atoms with van der Waals surface area (Å²) in [5, 5.41) is 10.2. The molecule has 0 atom stereocenters. The molecule has 0 radical (unpaired) electrons. The van der Waals surface area contributed by atoms with Crippen molar-refractivity contribution in [3.8, 4) is 11.8 Å². The lowest BCUT2D eigenvalue weighted by molar-refractivity contribution is 0.0624. The highest BCUT2D eigenvalue weighted by Gasteiger charge is 2.53. The number of carbonyl (C=O) groups is 1. The number of hydrogen-bond acceptors (Lipinski definition) is 5. The molecule has 1 amide bonds. The summed E-state index contributed by atoms with van der Waals surface area (Å²) in [4.78, 5) is 25.1. The van der Waals surface area contributed by atoms with E-state index in [2.05, 4.69) is 20.9 Å². The third-order valence-electron chi connectivity index (χ3n) is 6.02. The first-order valence-corrected chi connectivity index (χ1v) is 9.72. The second-order valence-corrected chi connectivity index (χ2v) is 7.71. The van der Waals surface area contributed by atoms with Gasteiger partial charge in [0.2, 0.25) is 0 Å². The molecule has 1 aliphatic heterocycles. The van der Waals surface area contributed by atoms with Gasteiger partial charge in [-0.25, -0.2) is 4.98 Å². The fourth-order valence-corrected chi connectivity index (χ4v) is 4.39. The average molecular weight is 387 g/mol. The van der Waals surface area contributed by atoms with Gasteiger partial charge in [0.15, 0.2) is 5.75 Å². The van der Waals surface area contributed by atoms with Gasteiger partial charge in [-0.3, -0.25) is 4.79 Å². The molecule has 146 valence electrons. The zero-order valence-corrected chi connectivity index (χ0v) is 16.2. The van der Waals surface area contributed by atoms with Crippen LogP contribution in [0.25, 0.3) is 11.0 Å². The van der Waals surface area contributed by atoms with Crippen LogP contribution >= 0.6 is 0 Å². The Morgan fingerprint density at radius 3 is 2.93 bits per heavy atom. The molecule has 2 fully saturated rings. The first-order chi connectivity index (χ1) is 14.1. The molecule has 2 aromatic heterocycles.